The zero-order chi connectivity index (χ0) is 17.4. The zero-order valence-corrected chi connectivity index (χ0v) is 14.4. The molecule has 5 nitrogen and oxygen atoms in total. The van der Waals surface area contributed by atoms with Gasteiger partial charge >= 0.3 is 5.97 Å². The van der Waals surface area contributed by atoms with Crippen molar-refractivity contribution in [1.29, 1.82) is 0 Å². The molecule has 0 atom stereocenters. The predicted molar refractivity (Wildman–Crippen MR) is 94.7 cm³/mol. The van der Waals surface area contributed by atoms with Gasteiger partial charge in [0.05, 0.1) is 25.0 Å². The monoisotopic (exact) mass is 345 g/mol. The summed E-state index contributed by atoms with van der Waals surface area (Å²) in [5.41, 5.74) is 1.14. The summed E-state index contributed by atoms with van der Waals surface area (Å²) in [7, 11) is 1.57. The average Bonchev–Trinajstić information content (AvgIpc) is 2.60. The summed E-state index contributed by atoms with van der Waals surface area (Å²) in [6, 6.07) is 14.2. The van der Waals surface area contributed by atoms with Crippen LogP contribution in [0.25, 0.3) is 0 Å². The topological polar surface area (TPSA) is 64.6 Å². The Kier molecular flexibility index (Phi) is 6.69. The molecule has 1 N–H and O–H groups in total. The molecule has 0 spiro atoms. The maximum Gasteiger partial charge on any atom is 0.339 e. The number of ether oxygens (including phenoxy) is 2. The number of nitrogens with one attached hydrogen (secondary N) is 1. The van der Waals surface area contributed by atoms with Gasteiger partial charge in [0.1, 0.15) is 5.75 Å². The molecule has 2 rings (SSSR count). The summed E-state index contributed by atoms with van der Waals surface area (Å²) in [5.74, 6) is 0.321. The second-order valence-corrected chi connectivity index (χ2v) is 5.80. The van der Waals surface area contributed by atoms with Crippen LogP contribution in [0, 0.1) is 0 Å². The third-order valence-electron chi connectivity index (χ3n) is 3.09. The third kappa shape index (κ3) is 5.03. The molecule has 6 heteroatoms. The molecule has 0 aliphatic carbocycles. The molecule has 0 saturated heterocycles. The van der Waals surface area contributed by atoms with Crippen LogP contribution in [0.1, 0.15) is 17.3 Å². The highest BCUT2D eigenvalue weighted by Gasteiger charge is 2.13. The van der Waals surface area contributed by atoms with Crippen molar-refractivity contribution in [3.8, 4) is 5.75 Å². The molecule has 0 fully saturated rings. The van der Waals surface area contributed by atoms with E-state index in [4.69, 9.17) is 9.47 Å². The molecular weight excluding hydrogens is 326 g/mol. The third-order valence-corrected chi connectivity index (χ3v) is 4.17. The number of esters is 1. The van der Waals surface area contributed by atoms with E-state index in [1.807, 2.05) is 6.07 Å². The number of rotatable bonds is 7. The fraction of sp³-hybridized carbons (Fsp3) is 0.222. The number of amides is 1. The van der Waals surface area contributed by atoms with Crippen molar-refractivity contribution in [3.05, 3.63) is 54.1 Å². The van der Waals surface area contributed by atoms with E-state index < -0.39 is 0 Å². The van der Waals surface area contributed by atoms with Crippen LogP contribution in [0.5, 0.6) is 5.75 Å². The van der Waals surface area contributed by atoms with E-state index in [0.717, 1.165) is 4.90 Å². The van der Waals surface area contributed by atoms with Crippen LogP contribution < -0.4 is 10.1 Å². The number of hydrogen-bond donors (Lipinski definition) is 1. The Morgan fingerprint density at radius 3 is 2.67 bits per heavy atom. The number of hydrogen-bond acceptors (Lipinski definition) is 5. The van der Waals surface area contributed by atoms with Crippen LogP contribution in [0.15, 0.2) is 53.4 Å². The van der Waals surface area contributed by atoms with E-state index in [-0.39, 0.29) is 17.6 Å². The number of thioether (sulfide) groups is 1. The van der Waals surface area contributed by atoms with Gasteiger partial charge in [-0.2, -0.15) is 0 Å². The van der Waals surface area contributed by atoms with Crippen molar-refractivity contribution in [2.45, 2.75) is 11.8 Å². The highest BCUT2D eigenvalue weighted by Crippen LogP contribution is 2.24. The number of carbonyl (C=O) groups excluding carboxylic acids is 2. The summed E-state index contributed by atoms with van der Waals surface area (Å²) < 4.78 is 10.2. The summed E-state index contributed by atoms with van der Waals surface area (Å²) in [6.45, 7) is 2.07. The number of methoxy groups -OCH3 is 1. The Labute approximate surface area is 145 Å². The Morgan fingerprint density at radius 1 is 1.12 bits per heavy atom. The molecule has 0 bridgehead atoms. The molecule has 2 aromatic rings. The SMILES string of the molecule is CCOC(=O)c1ccccc1SCC(=O)Nc1cccc(OC)c1. The van der Waals surface area contributed by atoms with Gasteiger partial charge in [0.25, 0.3) is 0 Å². The first kappa shape index (κ1) is 17.9. The lowest BCUT2D eigenvalue weighted by Crippen LogP contribution is -2.14. The maximum atomic E-state index is 12.1. The van der Waals surface area contributed by atoms with Crippen LogP contribution in [0.2, 0.25) is 0 Å². The van der Waals surface area contributed by atoms with Crippen molar-refractivity contribution in [1.82, 2.24) is 0 Å². The van der Waals surface area contributed by atoms with Crippen molar-refractivity contribution >= 4 is 29.3 Å². The summed E-state index contributed by atoms with van der Waals surface area (Å²) in [6.07, 6.45) is 0. The second-order valence-electron chi connectivity index (χ2n) is 4.79. The van der Waals surface area contributed by atoms with Crippen LogP contribution in [-0.2, 0) is 9.53 Å². The first-order valence-corrected chi connectivity index (χ1v) is 8.45. The first-order chi connectivity index (χ1) is 11.6. The molecule has 0 saturated carbocycles. The van der Waals surface area contributed by atoms with Gasteiger partial charge in [0.2, 0.25) is 5.91 Å². The predicted octanol–water partition coefficient (Wildman–Crippen LogP) is 3.60. The Bertz CT molecular complexity index is 718. The normalized spacial score (nSPS) is 10.1. The molecule has 0 radical (unpaired) electrons. The van der Waals surface area contributed by atoms with Crippen LogP contribution in [0.3, 0.4) is 0 Å². The summed E-state index contributed by atoms with van der Waals surface area (Å²) in [4.78, 5) is 24.7. The quantitative estimate of drug-likeness (QED) is 0.613. The minimum Gasteiger partial charge on any atom is -0.497 e. The molecule has 0 aliphatic rings. The highest BCUT2D eigenvalue weighted by atomic mass is 32.2. The van der Waals surface area contributed by atoms with Gasteiger partial charge in [-0.25, -0.2) is 4.79 Å². The molecule has 24 heavy (non-hydrogen) atoms. The van der Waals surface area contributed by atoms with Crippen molar-refractivity contribution in [2.75, 3.05) is 24.8 Å². The van der Waals surface area contributed by atoms with Crippen LogP contribution >= 0.6 is 11.8 Å². The molecule has 0 heterocycles. The van der Waals surface area contributed by atoms with E-state index in [9.17, 15) is 9.59 Å². The lowest BCUT2D eigenvalue weighted by molar-refractivity contribution is -0.113. The van der Waals surface area contributed by atoms with Gasteiger partial charge in [-0.15, -0.1) is 11.8 Å². The van der Waals surface area contributed by atoms with E-state index >= 15 is 0 Å². The fourth-order valence-corrected chi connectivity index (χ4v) is 2.85. The van der Waals surface area contributed by atoms with E-state index in [1.165, 1.54) is 11.8 Å². The molecule has 0 aliphatic heterocycles. The molecule has 0 aromatic heterocycles. The largest absolute Gasteiger partial charge is 0.497 e. The lowest BCUT2D eigenvalue weighted by atomic mass is 10.2. The van der Waals surface area contributed by atoms with Gasteiger partial charge in [0.15, 0.2) is 0 Å². The summed E-state index contributed by atoms with van der Waals surface area (Å²) >= 11 is 1.29. The van der Waals surface area contributed by atoms with E-state index in [2.05, 4.69) is 5.32 Å². The average molecular weight is 345 g/mol. The fourth-order valence-electron chi connectivity index (χ4n) is 2.01. The molecule has 1 amide bonds. The molecule has 2 aromatic carbocycles. The van der Waals surface area contributed by atoms with Gasteiger partial charge in [-0.1, -0.05) is 18.2 Å². The van der Waals surface area contributed by atoms with Crippen molar-refractivity contribution in [2.24, 2.45) is 0 Å². The smallest absolute Gasteiger partial charge is 0.339 e. The Morgan fingerprint density at radius 2 is 1.92 bits per heavy atom. The summed E-state index contributed by atoms with van der Waals surface area (Å²) in [5, 5.41) is 2.80. The van der Waals surface area contributed by atoms with Gasteiger partial charge in [0, 0.05) is 16.6 Å². The highest BCUT2D eigenvalue weighted by molar-refractivity contribution is 8.00. The zero-order valence-electron chi connectivity index (χ0n) is 13.6. The molecule has 126 valence electrons. The lowest BCUT2D eigenvalue weighted by Gasteiger charge is -2.09. The standard InChI is InChI=1S/C18H19NO4S/c1-3-23-18(21)15-9-4-5-10-16(15)24-12-17(20)19-13-7-6-8-14(11-13)22-2/h4-11H,3,12H2,1-2H3,(H,19,20). The Balaban J connectivity index is 1.98. The van der Waals surface area contributed by atoms with Crippen LogP contribution in [0.4, 0.5) is 5.69 Å². The van der Waals surface area contributed by atoms with Crippen LogP contribution in [-0.4, -0.2) is 31.3 Å². The van der Waals surface area contributed by atoms with E-state index in [0.29, 0.717) is 23.6 Å². The molecule has 0 unspecified atom stereocenters. The van der Waals surface area contributed by atoms with E-state index in [1.54, 1.807) is 56.5 Å². The van der Waals surface area contributed by atoms with Crippen molar-refractivity contribution < 1.29 is 19.1 Å². The van der Waals surface area contributed by atoms with Gasteiger partial charge in [-0.05, 0) is 31.2 Å². The van der Waals surface area contributed by atoms with Gasteiger partial charge < -0.3 is 14.8 Å². The first-order valence-electron chi connectivity index (χ1n) is 7.47. The number of carbonyl (C=O) groups is 2. The number of benzene rings is 2. The minimum atomic E-state index is -0.381. The van der Waals surface area contributed by atoms with Crippen molar-refractivity contribution in [3.63, 3.8) is 0 Å². The minimum absolute atomic E-state index is 0.160. The maximum absolute atomic E-state index is 12.1. The van der Waals surface area contributed by atoms with Gasteiger partial charge in [-0.3, -0.25) is 4.79 Å². The molecular formula is C18H19NO4S. The number of anilines is 1. The Hall–Kier alpha value is -2.47. The second kappa shape index (κ2) is 8.98.